The number of anilines is 1. The zero-order chi connectivity index (χ0) is 27.2. The lowest BCUT2D eigenvalue weighted by molar-refractivity contribution is -0.384. The molecule has 3 aromatic rings. The Balaban J connectivity index is 1.60. The molecule has 0 saturated heterocycles. The fourth-order valence-electron chi connectivity index (χ4n) is 4.90. The third kappa shape index (κ3) is 6.16. The van der Waals surface area contributed by atoms with Gasteiger partial charge in [0.15, 0.2) is 0 Å². The summed E-state index contributed by atoms with van der Waals surface area (Å²) in [4.78, 5) is 54.1. The Morgan fingerprint density at radius 3 is 2.42 bits per heavy atom. The number of imidazole rings is 1. The first-order valence-corrected chi connectivity index (χ1v) is 12.9. The topological polar surface area (TPSA) is 153 Å². The Hall–Kier alpha value is -4.28. The molecule has 0 unspecified atom stereocenters. The maximum atomic E-state index is 13.2. The second-order valence-corrected chi connectivity index (χ2v) is 9.68. The van der Waals surface area contributed by atoms with Crippen LogP contribution < -0.4 is 11.1 Å². The fraction of sp³-hybridized carbons (Fsp3) is 0.407. The van der Waals surface area contributed by atoms with Crippen LogP contribution in [0.2, 0.25) is 0 Å². The molecule has 1 fully saturated rings. The van der Waals surface area contributed by atoms with E-state index in [1.54, 1.807) is 12.1 Å². The number of nitrogens with one attached hydrogen (secondary N) is 1. The first-order valence-electron chi connectivity index (χ1n) is 12.9. The van der Waals surface area contributed by atoms with Crippen LogP contribution in [0.3, 0.4) is 0 Å². The summed E-state index contributed by atoms with van der Waals surface area (Å²) in [6, 6.07) is 10.8. The molecule has 0 bridgehead atoms. The molecule has 0 atom stereocenters. The van der Waals surface area contributed by atoms with E-state index >= 15 is 0 Å². The van der Waals surface area contributed by atoms with Crippen LogP contribution in [-0.4, -0.2) is 50.2 Å². The van der Waals surface area contributed by atoms with Crippen LogP contribution in [0.5, 0.6) is 0 Å². The second kappa shape index (κ2) is 11.8. The van der Waals surface area contributed by atoms with Crippen molar-refractivity contribution in [1.82, 2.24) is 14.5 Å². The molecule has 0 radical (unpaired) electrons. The summed E-state index contributed by atoms with van der Waals surface area (Å²) in [5.74, 6) is -0.627. The molecule has 1 aromatic heterocycles. The Bertz CT molecular complexity index is 1340. The van der Waals surface area contributed by atoms with Crippen molar-refractivity contribution in [1.29, 1.82) is 0 Å². The van der Waals surface area contributed by atoms with Gasteiger partial charge in [0.25, 0.3) is 17.5 Å². The van der Waals surface area contributed by atoms with Crippen LogP contribution in [0.1, 0.15) is 72.1 Å². The molecule has 0 aliphatic heterocycles. The van der Waals surface area contributed by atoms with Gasteiger partial charge in [-0.2, -0.15) is 0 Å². The Kier molecular flexibility index (Phi) is 8.35. The number of nitrogens with two attached hydrogens (primary N) is 1. The molecule has 0 spiro atoms. The molecule has 3 amide bonds. The number of rotatable bonds is 10. The van der Waals surface area contributed by atoms with Gasteiger partial charge in [-0.3, -0.25) is 29.8 Å². The minimum absolute atomic E-state index is 0.0636. The highest BCUT2D eigenvalue weighted by Gasteiger charge is 2.24. The number of fused-ring (bicyclic) bond motifs is 1. The van der Waals surface area contributed by atoms with Crippen molar-refractivity contribution >= 4 is 40.4 Å². The first-order chi connectivity index (χ1) is 18.2. The SMILES string of the molecule is CN(C(=O)c1ccc2c(c1)nc(NC(=O)c1ccc([N+](=O)[O-])cc1)n2CCCCC(N)=O)C1CCCCC1. The van der Waals surface area contributed by atoms with Crippen LogP contribution in [0, 0.1) is 10.1 Å². The van der Waals surface area contributed by atoms with Gasteiger partial charge in [-0.15, -0.1) is 0 Å². The van der Waals surface area contributed by atoms with E-state index in [-0.39, 0.29) is 41.5 Å². The standard InChI is InChI=1S/C27H32N6O5/c1-31(20-7-3-2-4-8-20)26(36)19-12-15-23-22(17-19)29-27(32(23)16-6-5-9-24(28)34)30-25(35)18-10-13-21(14-11-18)33(37)38/h10-15,17,20H,2-9,16H2,1H3,(H2,28,34)(H,29,30,35). The third-order valence-corrected chi connectivity index (χ3v) is 7.06. The largest absolute Gasteiger partial charge is 0.370 e. The minimum Gasteiger partial charge on any atom is -0.370 e. The summed E-state index contributed by atoms with van der Waals surface area (Å²) in [7, 11) is 1.84. The smallest absolute Gasteiger partial charge is 0.269 e. The lowest BCUT2D eigenvalue weighted by Crippen LogP contribution is -2.38. The average Bonchev–Trinajstić information content (AvgIpc) is 3.26. The van der Waals surface area contributed by atoms with Crippen molar-refractivity contribution in [2.75, 3.05) is 12.4 Å². The van der Waals surface area contributed by atoms with Gasteiger partial charge in [0.2, 0.25) is 11.9 Å². The molecular formula is C27H32N6O5. The monoisotopic (exact) mass is 520 g/mol. The highest BCUT2D eigenvalue weighted by atomic mass is 16.6. The molecule has 38 heavy (non-hydrogen) atoms. The summed E-state index contributed by atoms with van der Waals surface area (Å²) >= 11 is 0. The van der Waals surface area contributed by atoms with Crippen LogP contribution in [-0.2, 0) is 11.3 Å². The Labute approximate surface area is 220 Å². The lowest BCUT2D eigenvalue weighted by Gasteiger charge is -2.31. The van der Waals surface area contributed by atoms with E-state index in [4.69, 9.17) is 5.73 Å². The summed E-state index contributed by atoms with van der Waals surface area (Å²) in [5, 5.41) is 13.7. The number of carbonyl (C=O) groups is 3. The summed E-state index contributed by atoms with van der Waals surface area (Å²) in [6.07, 6.45) is 6.91. The number of aromatic nitrogens is 2. The number of nitrogens with zero attached hydrogens (tertiary/aromatic N) is 4. The van der Waals surface area contributed by atoms with Crippen LogP contribution in [0.25, 0.3) is 11.0 Å². The van der Waals surface area contributed by atoms with E-state index in [1.165, 1.54) is 30.7 Å². The Morgan fingerprint density at radius 2 is 1.76 bits per heavy atom. The third-order valence-electron chi connectivity index (χ3n) is 7.06. The van der Waals surface area contributed by atoms with Crippen molar-refractivity contribution in [3.63, 3.8) is 0 Å². The number of non-ortho nitro benzene ring substituents is 1. The van der Waals surface area contributed by atoms with Gasteiger partial charge in [-0.1, -0.05) is 19.3 Å². The number of carbonyl (C=O) groups excluding carboxylic acids is 3. The number of benzene rings is 2. The van der Waals surface area contributed by atoms with Crippen molar-refractivity contribution in [2.24, 2.45) is 5.73 Å². The maximum absolute atomic E-state index is 13.2. The van der Waals surface area contributed by atoms with Crippen molar-refractivity contribution < 1.29 is 19.3 Å². The number of primary amides is 1. The van der Waals surface area contributed by atoms with Gasteiger partial charge >= 0.3 is 0 Å². The molecule has 200 valence electrons. The van der Waals surface area contributed by atoms with E-state index < -0.39 is 10.8 Å². The van der Waals surface area contributed by atoms with E-state index in [0.29, 0.717) is 30.5 Å². The highest BCUT2D eigenvalue weighted by molar-refractivity contribution is 6.04. The van der Waals surface area contributed by atoms with Crippen molar-refractivity contribution in [3.8, 4) is 0 Å². The number of hydrogen-bond donors (Lipinski definition) is 2. The number of hydrogen-bond acceptors (Lipinski definition) is 6. The molecule has 3 N–H and O–H groups in total. The number of amides is 3. The molecule has 11 heteroatoms. The molecule has 1 saturated carbocycles. The van der Waals surface area contributed by atoms with Crippen molar-refractivity contribution in [2.45, 2.75) is 64.0 Å². The molecule has 1 aliphatic carbocycles. The normalized spacial score (nSPS) is 13.8. The van der Waals surface area contributed by atoms with Gasteiger partial charge in [-0.25, -0.2) is 4.98 Å². The van der Waals surface area contributed by atoms with Gasteiger partial charge < -0.3 is 15.2 Å². The maximum Gasteiger partial charge on any atom is 0.269 e. The zero-order valence-electron chi connectivity index (χ0n) is 21.4. The van der Waals surface area contributed by atoms with Gasteiger partial charge in [0.05, 0.1) is 16.0 Å². The van der Waals surface area contributed by atoms with Gasteiger partial charge in [-0.05, 0) is 56.0 Å². The van der Waals surface area contributed by atoms with Gasteiger partial charge in [0.1, 0.15) is 0 Å². The molecule has 11 nitrogen and oxygen atoms in total. The fourth-order valence-corrected chi connectivity index (χ4v) is 4.90. The van der Waals surface area contributed by atoms with Crippen LogP contribution in [0.15, 0.2) is 42.5 Å². The van der Waals surface area contributed by atoms with E-state index in [1.807, 2.05) is 22.6 Å². The van der Waals surface area contributed by atoms with E-state index in [0.717, 1.165) is 31.2 Å². The molecular weight excluding hydrogens is 488 g/mol. The molecule has 1 heterocycles. The molecule has 2 aromatic carbocycles. The number of unbranched alkanes of at least 4 members (excludes halogenated alkanes) is 1. The predicted octanol–water partition coefficient (Wildman–Crippen LogP) is 4.26. The Morgan fingerprint density at radius 1 is 1.08 bits per heavy atom. The summed E-state index contributed by atoms with van der Waals surface area (Å²) < 4.78 is 1.83. The van der Waals surface area contributed by atoms with Crippen LogP contribution in [0.4, 0.5) is 11.6 Å². The predicted molar refractivity (Wildman–Crippen MR) is 143 cm³/mol. The summed E-state index contributed by atoms with van der Waals surface area (Å²) in [5.41, 5.74) is 7.21. The average molecular weight is 521 g/mol. The number of nitro groups is 1. The number of nitro benzene ring substituents is 1. The lowest BCUT2D eigenvalue weighted by atomic mass is 9.94. The second-order valence-electron chi connectivity index (χ2n) is 9.68. The van der Waals surface area contributed by atoms with E-state index in [9.17, 15) is 24.5 Å². The van der Waals surface area contributed by atoms with Crippen LogP contribution >= 0.6 is 0 Å². The minimum atomic E-state index is -0.530. The molecule has 4 rings (SSSR count). The zero-order valence-corrected chi connectivity index (χ0v) is 21.4. The first kappa shape index (κ1) is 26.8. The quantitative estimate of drug-likeness (QED) is 0.231. The van der Waals surface area contributed by atoms with Gasteiger partial charge in [0, 0.05) is 49.3 Å². The number of aryl methyl sites for hydroxylation is 1. The van der Waals surface area contributed by atoms with Crippen molar-refractivity contribution in [3.05, 3.63) is 63.7 Å². The highest BCUT2D eigenvalue weighted by Crippen LogP contribution is 2.26. The van der Waals surface area contributed by atoms with E-state index in [2.05, 4.69) is 10.3 Å². The summed E-state index contributed by atoms with van der Waals surface area (Å²) in [6.45, 7) is 0.467. The molecule has 1 aliphatic rings.